The molecule has 2 nitrogen and oxygen atoms in total. The minimum atomic E-state index is 0.312. The Hall–Kier alpha value is -0.0800. The van der Waals surface area contributed by atoms with Gasteiger partial charge in [0.2, 0.25) is 0 Å². The van der Waals surface area contributed by atoms with Crippen LogP contribution >= 0.6 is 0 Å². The third-order valence-electron chi connectivity index (χ3n) is 4.81. The number of hydrogen-bond acceptors (Lipinski definition) is 2. The normalized spacial score (nSPS) is 31.8. The first-order valence-electron chi connectivity index (χ1n) is 7.98. The first-order chi connectivity index (χ1) is 8.47. The van der Waals surface area contributed by atoms with Crippen molar-refractivity contribution in [1.82, 2.24) is 10.2 Å². The van der Waals surface area contributed by atoms with Crippen molar-refractivity contribution in [3.63, 3.8) is 0 Å². The maximum absolute atomic E-state index is 3.79. The molecule has 1 fully saturated rings. The maximum atomic E-state index is 3.79. The van der Waals surface area contributed by atoms with E-state index in [-0.39, 0.29) is 0 Å². The molecule has 1 aliphatic heterocycles. The van der Waals surface area contributed by atoms with Gasteiger partial charge in [0.05, 0.1) is 0 Å². The third kappa shape index (κ3) is 3.71. The molecule has 1 aliphatic rings. The molecule has 0 saturated carbocycles. The zero-order valence-corrected chi connectivity index (χ0v) is 13.4. The number of nitrogens with zero attached hydrogens (tertiary/aromatic N) is 1. The molecule has 0 aromatic carbocycles. The summed E-state index contributed by atoms with van der Waals surface area (Å²) in [7, 11) is 0. The standard InChI is InChI=1S/C16H34N2/c1-7-10-14(8-2)18-12-16(6,9-3)17-11-15(18)13(4)5/h13-15,17H,7-12H2,1-6H3. The second-order valence-electron chi connectivity index (χ2n) is 6.63. The summed E-state index contributed by atoms with van der Waals surface area (Å²) in [6.07, 6.45) is 5.16. The van der Waals surface area contributed by atoms with Gasteiger partial charge >= 0.3 is 0 Å². The molecule has 18 heavy (non-hydrogen) atoms. The largest absolute Gasteiger partial charge is 0.309 e. The summed E-state index contributed by atoms with van der Waals surface area (Å²) in [4.78, 5) is 2.81. The smallest absolute Gasteiger partial charge is 0.0278 e. The zero-order valence-electron chi connectivity index (χ0n) is 13.4. The lowest BCUT2D eigenvalue weighted by atomic mass is 9.87. The highest BCUT2D eigenvalue weighted by molar-refractivity contribution is 4.97. The van der Waals surface area contributed by atoms with Crippen LogP contribution in [0.2, 0.25) is 0 Å². The Morgan fingerprint density at radius 2 is 1.94 bits per heavy atom. The molecule has 1 rings (SSSR count). The fourth-order valence-electron chi connectivity index (χ4n) is 3.24. The van der Waals surface area contributed by atoms with Gasteiger partial charge in [0.15, 0.2) is 0 Å². The highest BCUT2D eigenvalue weighted by Gasteiger charge is 2.38. The van der Waals surface area contributed by atoms with Crippen LogP contribution in [0, 0.1) is 5.92 Å². The molecule has 0 aromatic rings. The minimum absolute atomic E-state index is 0.312. The van der Waals surface area contributed by atoms with Crippen LogP contribution in [0.4, 0.5) is 0 Å². The van der Waals surface area contributed by atoms with Crippen LogP contribution < -0.4 is 5.32 Å². The average molecular weight is 254 g/mol. The Labute approximate surface area is 115 Å². The number of piperazine rings is 1. The summed E-state index contributed by atoms with van der Waals surface area (Å²) in [5, 5.41) is 3.79. The van der Waals surface area contributed by atoms with Crippen molar-refractivity contribution in [2.45, 2.75) is 84.8 Å². The van der Waals surface area contributed by atoms with Crippen LogP contribution in [0.1, 0.15) is 67.2 Å². The molecule has 0 bridgehead atoms. The topological polar surface area (TPSA) is 15.3 Å². The SMILES string of the molecule is CCCC(CC)N1CC(C)(CC)NCC1C(C)C. The van der Waals surface area contributed by atoms with Crippen LogP contribution in [0.3, 0.4) is 0 Å². The Bertz CT molecular complexity index is 239. The average Bonchev–Trinajstić information content (AvgIpc) is 2.35. The van der Waals surface area contributed by atoms with Crippen LogP contribution in [0.5, 0.6) is 0 Å². The van der Waals surface area contributed by atoms with Gasteiger partial charge in [-0.1, -0.05) is 41.0 Å². The van der Waals surface area contributed by atoms with E-state index >= 15 is 0 Å². The van der Waals surface area contributed by atoms with Gasteiger partial charge in [0.1, 0.15) is 0 Å². The van der Waals surface area contributed by atoms with Gasteiger partial charge in [-0.15, -0.1) is 0 Å². The van der Waals surface area contributed by atoms with Crippen molar-refractivity contribution in [3.05, 3.63) is 0 Å². The fraction of sp³-hybridized carbons (Fsp3) is 1.00. The zero-order chi connectivity index (χ0) is 13.8. The molecule has 3 unspecified atom stereocenters. The van der Waals surface area contributed by atoms with E-state index < -0.39 is 0 Å². The number of nitrogens with one attached hydrogen (secondary N) is 1. The van der Waals surface area contributed by atoms with Gasteiger partial charge in [-0.3, -0.25) is 4.90 Å². The van der Waals surface area contributed by atoms with Crippen LogP contribution in [-0.2, 0) is 0 Å². The van der Waals surface area contributed by atoms with Gasteiger partial charge in [-0.2, -0.15) is 0 Å². The molecular weight excluding hydrogens is 220 g/mol. The van der Waals surface area contributed by atoms with E-state index in [2.05, 4.69) is 51.8 Å². The molecule has 2 heteroatoms. The molecule has 0 aliphatic carbocycles. The van der Waals surface area contributed by atoms with Crippen molar-refractivity contribution in [2.75, 3.05) is 13.1 Å². The Balaban J connectivity index is 2.83. The van der Waals surface area contributed by atoms with E-state index in [1.807, 2.05) is 0 Å². The van der Waals surface area contributed by atoms with E-state index in [1.165, 1.54) is 32.2 Å². The van der Waals surface area contributed by atoms with E-state index in [4.69, 9.17) is 0 Å². The molecule has 1 heterocycles. The van der Waals surface area contributed by atoms with Crippen molar-refractivity contribution >= 4 is 0 Å². The predicted molar refractivity (Wildman–Crippen MR) is 81.0 cm³/mol. The Kier molecular flexibility index (Phi) is 6.13. The Morgan fingerprint density at radius 1 is 1.28 bits per heavy atom. The molecule has 0 spiro atoms. The van der Waals surface area contributed by atoms with Crippen LogP contribution in [-0.4, -0.2) is 35.6 Å². The summed E-state index contributed by atoms with van der Waals surface area (Å²) < 4.78 is 0. The molecule has 3 atom stereocenters. The summed E-state index contributed by atoms with van der Waals surface area (Å²) in [6.45, 7) is 16.5. The summed E-state index contributed by atoms with van der Waals surface area (Å²) in [6, 6.07) is 1.48. The molecule has 0 radical (unpaired) electrons. The molecule has 1 saturated heterocycles. The first-order valence-corrected chi connectivity index (χ1v) is 7.98. The second-order valence-corrected chi connectivity index (χ2v) is 6.63. The van der Waals surface area contributed by atoms with Crippen LogP contribution in [0.15, 0.2) is 0 Å². The van der Waals surface area contributed by atoms with E-state index in [1.54, 1.807) is 0 Å². The molecule has 108 valence electrons. The van der Waals surface area contributed by atoms with Crippen molar-refractivity contribution < 1.29 is 0 Å². The second kappa shape index (κ2) is 6.91. The predicted octanol–water partition coefficient (Wildman–Crippen LogP) is 3.66. The van der Waals surface area contributed by atoms with E-state index in [9.17, 15) is 0 Å². The summed E-state index contributed by atoms with van der Waals surface area (Å²) in [5.74, 6) is 0.741. The van der Waals surface area contributed by atoms with Crippen molar-refractivity contribution in [3.8, 4) is 0 Å². The Morgan fingerprint density at radius 3 is 2.39 bits per heavy atom. The van der Waals surface area contributed by atoms with Crippen molar-refractivity contribution in [2.24, 2.45) is 5.92 Å². The maximum Gasteiger partial charge on any atom is 0.0278 e. The molecule has 0 aromatic heterocycles. The summed E-state index contributed by atoms with van der Waals surface area (Å²) >= 11 is 0. The first kappa shape index (κ1) is 16.0. The molecule has 1 N–H and O–H groups in total. The summed E-state index contributed by atoms with van der Waals surface area (Å²) in [5.41, 5.74) is 0.312. The third-order valence-corrected chi connectivity index (χ3v) is 4.81. The lowest BCUT2D eigenvalue weighted by molar-refractivity contribution is 0.0198. The number of rotatable bonds is 6. The minimum Gasteiger partial charge on any atom is -0.309 e. The van der Waals surface area contributed by atoms with E-state index in [0.29, 0.717) is 11.6 Å². The highest BCUT2D eigenvalue weighted by Crippen LogP contribution is 2.27. The monoisotopic (exact) mass is 254 g/mol. The lowest BCUT2D eigenvalue weighted by Crippen LogP contribution is -2.65. The van der Waals surface area contributed by atoms with Gasteiger partial charge in [0.25, 0.3) is 0 Å². The van der Waals surface area contributed by atoms with Crippen LogP contribution in [0.25, 0.3) is 0 Å². The van der Waals surface area contributed by atoms with Gasteiger partial charge in [-0.25, -0.2) is 0 Å². The highest BCUT2D eigenvalue weighted by atomic mass is 15.3. The lowest BCUT2D eigenvalue weighted by Gasteiger charge is -2.50. The number of hydrogen-bond donors (Lipinski definition) is 1. The van der Waals surface area contributed by atoms with Crippen molar-refractivity contribution in [1.29, 1.82) is 0 Å². The molecular formula is C16H34N2. The van der Waals surface area contributed by atoms with Gasteiger partial charge < -0.3 is 5.32 Å². The quantitative estimate of drug-likeness (QED) is 0.778. The fourth-order valence-corrected chi connectivity index (χ4v) is 3.24. The van der Waals surface area contributed by atoms with E-state index in [0.717, 1.165) is 18.5 Å². The molecule has 0 amide bonds. The van der Waals surface area contributed by atoms with Gasteiger partial charge in [-0.05, 0) is 32.1 Å². The van der Waals surface area contributed by atoms with Gasteiger partial charge in [0, 0.05) is 30.7 Å².